The highest BCUT2D eigenvalue weighted by Crippen LogP contribution is 2.38. The Labute approximate surface area is 165 Å². The number of rotatable bonds is 7. The number of carbonyl (C=O) groups excluding carboxylic acids is 1. The number of phenolic OH excluding ortho intramolecular Hbond substituents is 1. The van der Waals surface area contributed by atoms with Crippen LogP contribution in [-0.4, -0.2) is 35.8 Å². The topological polar surface area (TPSA) is 90.8 Å². The molecule has 6 nitrogen and oxygen atoms in total. The first-order valence-electron chi connectivity index (χ1n) is 8.77. The number of aryl methyl sites for hydroxylation is 2. The van der Waals surface area contributed by atoms with E-state index in [-0.39, 0.29) is 30.7 Å². The molecule has 1 heterocycles. The summed E-state index contributed by atoms with van der Waals surface area (Å²) < 4.78 is 5.43. The highest BCUT2D eigenvalue weighted by molar-refractivity contribution is 5.96. The molecule has 0 fully saturated rings. The van der Waals surface area contributed by atoms with Crippen molar-refractivity contribution in [3.63, 3.8) is 0 Å². The molecular formula is C20H25ClN2O4. The Kier molecular flexibility index (Phi) is 7.47. The third kappa shape index (κ3) is 5.60. The van der Waals surface area contributed by atoms with Crippen LogP contribution in [0.15, 0.2) is 36.4 Å². The minimum Gasteiger partial charge on any atom is -0.508 e. The SMILES string of the molecule is Cc1ccc(CCCNCC(O)c2cc(O)cc3c2OCC(=O)N3)cc1.Cl. The van der Waals surface area contributed by atoms with Crippen LogP contribution in [0.5, 0.6) is 11.5 Å². The maximum Gasteiger partial charge on any atom is 0.262 e. The summed E-state index contributed by atoms with van der Waals surface area (Å²) in [5.74, 6) is 0.108. The minimum absolute atomic E-state index is 0. The van der Waals surface area contributed by atoms with E-state index in [1.807, 2.05) is 0 Å². The molecule has 4 N–H and O–H groups in total. The van der Waals surface area contributed by atoms with Crippen molar-refractivity contribution in [2.75, 3.05) is 25.0 Å². The highest BCUT2D eigenvalue weighted by Gasteiger charge is 2.24. The highest BCUT2D eigenvalue weighted by atomic mass is 35.5. The van der Waals surface area contributed by atoms with Crippen molar-refractivity contribution in [3.05, 3.63) is 53.1 Å². The molecule has 0 spiro atoms. The Balaban J connectivity index is 0.00000261. The third-order valence-corrected chi connectivity index (χ3v) is 4.36. The number of hydrogen-bond donors (Lipinski definition) is 4. The summed E-state index contributed by atoms with van der Waals surface area (Å²) in [5.41, 5.74) is 3.40. The van der Waals surface area contributed by atoms with Crippen LogP contribution in [0.4, 0.5) is 5.69 Å². The van der Waals surface area contributed by atoms with E-state index in [0.29, 0.717) is 23.5 Å². The lowest BCUT2D eigenvalue weighted by atomic mass is 10.0. The molecule has 2 aromatic carbocycles. The van der Waals surface area contributed by atoms with Gasteiger partial charge in [-0.05, 0) is 37.9 Å². The van der Waals surface area contributed by atoms with Crippen LogP contribution < -0.4 is 15.4 Å². The predicted octanol–water partition coefficient (Wildman–Crippen LogP) is 2.71. The second-order valence-electron chi connectivity index (χ2n) is 6.56. The van der Waals surface area contributed by atoms with Gasteiger partial charge in [-0.3, -0.25) is 4.79 Å². The summed E-state index contributed by atoms with van der Waals surface area (Å²) >= 11 is 0. The quantitative estimate of drug-likeness (QED) is 0.544. The summed E-state index contributed by atoms with van der Waals surface area (Å²) in [7, 11) is 0. The Morgan fingerprint density at radius 2 is 2.00 bits per heavy atom. The molecule has 1 atom stereocenters. The second kappa shape index (κ2) is 9.60. The van der Waals surface area contributed by atoms with E-state index in [1.165, 1.54) is 23.3 Å². The van der Waals surface area contributed by atoms with Crippen LogP contribution in [0.2, 0.25) is 0 Å². The fourth-order valence-corrected chi connectivity index (χ4v) is 2.98. The van der Waals surface area contributed by atoms with Crippen LogP contribution in [-0.2, 0) is 11.2 Å². The Morgan fingerprint density at radius 3 is 2.74 bits per heavy atom. The lowest BCUT2D eigenvalue weighted by molar-refractivity contribution is -0.118. The smallest absolute Gasteiger partial charge is 0.262 e. The van der Waals surface area contributed by atoms with Gasteiger partial charge in [-0.25, -0.2) is 0 Å². The number of ether oxygens (including phenoxy) is 1. The zero-order valence-electron chi connectivity index (χ0n) is 15.2. The Bertz CT molecular complexity index is 780. The average molecular weight is 393 g/mol. The molecule has 0 saturated heterocycles. The molecule has 0 radical (unpaired) electrons. The fourth-order valence-electron chi connectivity index (χ4n) is 2.98. The van der Waals surface area contributed by atoms with E-state index in [2.05, 4.69) is 41.8 Å². The first kappa shape index (κ1) is 21.0. The van der Waals surface area contributed by atoms with Gasteiger partial charge in [-0.2, -0.15) is 0 Å². The van der Waals surface area contributed by atoms with Crippen molar-refractivity contribution in [2.24, 2.45) is 0 Å². The lowest BCUT2D eigenvalue weighted by Gasteiger charge is -2.23. The molecule has 146 valence electrons. The molecule has 1 unspecified atom stereocenters. The summed E-state index contributed by atoms with van der Waals surface area (Å²) in [6.07, 6.45) is 1.09. The standard InChI is InChI=1S/C20H24N2O4.ClH/c1-13-4-6-14(7-5-13)3-2-8-21-11-18(24)16-9-15(23)10-17-20(16)26-12-19(25)22-17;/h4-7,9-10,18,21,23-24H,2-3,8,11-12H2,1H3,(H,22,25);1H. The van der Waals surface area contributed by atoms with Crippen molar-refractivity contribution in [1.82, 2.24) is 5.32 Å². The van der Waals surface area contributed by atoms with E-state index in [9.17, 15) is 15.0 Å². The molecule has 0 aromatic heterocycles. The Hall–Kier alpha value is -2.28. The maximum atomic E-state index is 11.4. The number of hydrogen-bond acceptors (Lipinski definition) is 5. The molecule has 3 rings (SSSR count). The number of halogens is 1. The van der Waals surface area contributed by atoms with Gasteiger partial charge < -0.3 is 25.6 Å². The molecular weight excluding hydrogens is 368 g/mol. The van der Waals surface area contributed by atoms with Gasteiger partial charge in [0.15, 0.2) is 6.61 Å². The first-order chi connectivity index (χ1) is 12.5. The zero-order chi connectivity index (χ0) is 18.5. The number of fused-ring (bicyclic) bond motifs is 1. The van der Waals surface area contributed by atoms with Gasteiger partial charge in [0.1, 0.15) is 11.5 Å². The summed E-state index contributed by atoms with van der Waals surface area (Å²) in [4.78, 5) is 11.4. The minimum atomic E-state index is -0.842. The van der Waals surface area contributed by atoms with Crippen molar-refractivity contribution < 1.29 is 19.7 Å². The van der Waals surface area contributed by atoms with Gasteiger partial charge in [0.25, 0.3) is 5.91 Å². The number of aliphatic hydroxyl groups excluding tert-OH is 1. The van der Waals surface area contributed by atoms with Crippen LogP contribution in [0.25, 0.3) is 0 Å². The normalized spacial score (nSPS) is 13.8. The maximum absolute atomic E-state index is 11.4. The molecule has 27 heavy (non-hydrogen) atoms. The zero-order valence-corrected chi connectivity index (χ0v) is 16.0. The van der Waals surface area contributed by atoms with E-state index in [0.717, 1.165) is 19.4 Å². The number of anilines is 1. The molecule has 2 aromatic rings. The van der Waals surface area contributed by atoms with Gasteiger partial charge in [-0.15, -0.1) is 12.4 Å². The van der Waals surface area contributed by atoms with E-state index >= 15 is 0 Å². The van der Waals surface area contributed by atoms with E-state index in [4.69, 9.17) is 4.74 Å². The monoisotopic (exact) mass is 392 g/mol. The lowest BCUT2D eigenvalue weighted by Crippen LogP contribution is -2.28. The molecule has 1 aliphatic heterocycles. The summed E-state index contributed by atoms with van der Waals surface area (Å²) in [6.45, 7) is 3.08. The first-order valence-corrected chi connectivity index (χ1v) is 8.77. The molecule has 1 amide bonds. The third-order valence-electron chi connectivity index (χ3n) is 4.36. The molecule has 0 aliphatic carbocycles. The average Bonchev–Trinajstić information content (AvgIpc) is 2.61. The van der Waals surface area contributed by atoms with Crippen molar-refractivity contribution in [3.8, 4) is 11.5 Å². The van der Waals surface area contributed by atoms with Crippen LogP contribution >= 0.6 is 12.4 Å². The van der Waals surface area contributed by atoms with Crippen molar-refractivity contribution in [1.29, 1.82) is 0 Å². The van der Waals surface area contributed by atoms with Gasteiger partial charge in [-0.1, -0.05) is 29.8 Å². The molecule has 1 aliphatic rings. The van der Waals surface area contributed by atoms with Gasteiger partial charge in [0, 0.05) is 18.2 Å². The fraction of sp³-hybridized carbons (Fsp3) is 0.350. The number of nitrogens with one attached hydrogen (secondary N) is 2. The van der Waals surface area contributed by atoms with Crippen molar-refractivity contribution >= 4 is 24.0 Å². The van der Waals surface area contributed by atoms with Crippen LogP contribution in [0, 0.1) is 6.92 Å². The van der Waals surface area contributed by atoms with E-state index in [1.54, 1.807) is 0 Å². The molecule has 0 saturated carbocycles. The number of benzene rings is 2. The van der Waals surface area contributed by atoms with Crippen molar-refractivity contribution in [2.45, 2.75) is 25.9 Å². The number of aromatic hydroxyl groups is 1. The van der Waals surface area contributed by atoms with Gasteiger partial charge in [0.05, 0.1) is 11.8 Å². The van der Waals surface area contributed by atoms with Crippen LogP contribution in [0.1, 0.15) is 29.2 Å². The number of carbonyl (C=O) groups is 1. The molecule has 0 bridgehead atoms. The summed E-state index contributed by atoms with van der Waals surface area (Å²) in [6, 6.07) is 11.4. The largest absolute Gasteiger partial charge is 0.508 e. The van der Waals surface area contributed by atoms with E-state index < -0.39 is 6.10 Å². The number of aliphatic hydroxyl groups is 1. The second-order valence-corrected chi connectivity index (χ2v) is 6.56. The number of amides is 1. The molecule has 7 heteroatoms. The number of phenols is 1. The van der Waals surface area contributed by atoms with Crippen LogP contribution in [0.3, 0.4) is 0 Å². The van der Waals surface area contributed by atoms with Gasteiger partial charge in [0.2, 0.25) is 0 Å². The van der Waals surface area contributed by atoms with Gasteiger partial charge >= 0.3 is 0 Å². The Morgan fingerprint density at radius 1 is 1.26 bits per heavy atom. The summed E-state index contributed by atoms with van der Waals surface area (Å²) in [5, 5.41) is 26.1. The predicted molar refractivity (Wildman–Crippen MR) is 107 cm³/mol.